The van der Waals surface area contributed by atoms with Crippen LogP contribution in [0.5, 0.6) is 0 Å². The van der Waals surface area contributed by atoms with E-state index >= 15 is 0 Å². The van der Waals surface area contributed by atoms with Crippen molar-refractivity contribution in [1.82, 2.24) is 4.31 Å². The predicted molar refractivity (Wildman–Crippen MR) is 83.5 cm³/mol. The van der Waals surface area contributed by atoms with Gasteiger partial charge in [0.2, 0.25) is 15.9 Å². The molecule has 1 aromatic rings. The monoisotopic (exact) mass is 313 g/mol. The number of sulfonamides is 1. The molecule has 118 valence electrons. The second-order valence-corrected chi connectivity index (χ2v) is 7.65. The Morgan fingerprint density at radius 1 is 1.29 bits per heavy atom. The lowest BCUT2D eigenvalue weighted by atomic mass is 10.0. The molecule has 1 aromatic carbocycles. The standard InChI is InChI=1S/C14H23N3O3S/c1-9(2)13(15)14(18)16-11-7-6-10(3)12(8-11)21(19,20)17(4)5/h6-9,13H,15H2,1-5H3,(H,16,18)/t13-/m1/s1. The Morgan fingerprint density at radius 2 is 1.86 bits per heavy atom. The van der Waals surface area contributed by atoms with E-state index in [0.29, 0.717) is 11.3 Å². The lowest BCUT2D eigenvalue weighted by molar-refractivity contribution is -0.118. The quantitative estimate of drug-likeness (QED) is 0.853. The molecule has 7 heteroatoms. The van der Waals surface area contributed by atoms with E-state index in [1.54, 1.807) is 19.1 Å². The van der Waals surface area contributed by atoms with Gasteiger partial charge < -0.3 is 11.1 Å². The third kappa shape index (κ3) is 4.03. The first-order valence-corrected chi connectivity index (χ1v) is 8.11. The van der Waals surface area contributed by atoms with E-state index < -0.39 is 16.1 Å². The van der Waals surface area contributed by atoms with Crippen LogP contribution in [0.3, 0.4) is 0 Å². The highest BCUT2D eigenvalue weighted by molar-refractivity contribution is 7.89. The molecule has 21 heavy (non-hydrogen) atoms. The molecule has 0 aliphatic heterocycles. The number of nitrogens with zero attached hydrogens (tertiary/aromatic N) is 1. The van der Waals surface area contributed by atoms with Gasteiger partial charge in [0.1, 0.15) is 0 Å². The molecule has 1 atom stereocenters. The van der Waals surface area contributed by atoms with Gasteiger partial charge in [-0.15, -0.1) is 0 Å². The van der Waals surface area contributed by atoms with Crippen LogP contribution in [0.4, 0.5) is 5.69 Å². The summed E-state index contributed by atoms with van der Waals surface area (Å²) in [6.07, 6.45) is 0. The van der Waals surface area contributed by atoms with Gasteiger partial charge in [0.15, 0.2) is 0 Å². The number of nitrogens with one attached hydrogen (secondary N) is 1. The van der Waals surface area contributed by atoms with E-state index in [0.717, 1.165) is 4.31 Å². The van der Waals surface area contributed by atoms with E-state index in [2.05, 4.69) is 5.32 Å². The van der Waals surface area contributed by atoms with Crippen LogP contribution in [-0.2, 0) is 14.8 Å². The molecule has 1 rings (SSSR count). The third-order valence-corrected chi connectivity index (χ3v) is 5.19. The molecule has 0 bridgehead atoms. The Bertz CT molecular complexity index is 624. The molecular formula is C14H23N3O3S. The van der Waals surface area contributed by atoms with Crippen molar-refractivity contribution in [3.05, 3.63) is 23.8 Å². The molecule has 0 aromatic heterocycles. The summed E-state index contributed by atoms with van der Waals surface area (Å²) in [5.74, 6) is -0.331. The Balaban J connectivity index is 3.12. The number of hydrogen-bond donors (Lipinski definition) is 2. The first kappa shape index (κ1) is 17.6. The minimum atomic E-state index is -3.55. The topological polar surface area (TPSA) is 92.5 Å². The van der Waals surface area contributed by atoms with Crippen LogP contribution in [0, 0.1) is 12.8 Å². The Kier molecular flexibility index (Phi) is 5.49. The van der Waals surface area contributed by atoms with Crippen molar-refractivity contribution in [2.75, 3.05) is 19.4 Å². The van der Waals surface area contributed by atoms with E-state index in [-0.39, 0.29) is 16.7 Å². The molecule has 0 aliphatic rings. The van der Waals surface area contributed by atoms with Crippen molar-refractivity contribution >= 4 is 21.6 Å². The van der Waals surface area contributed by atoms with Crippen molar-refractivity contribution in [2.45, 2.75) is 31.7 Å². The van der Waals surface area contributed by atoms with Crippen LogP contribution in [0.25, 0.3) is 0 Å². The maximum atomic E-state index is 12.2. The number of carbonyl (C=O) groups excluding carboxylic acids is 1. The van der Waals surface area contributed by atoms with Crippen LogP contribution in [0.1, 0.15) is 19.4 Å². The summed E-state index contributed by atoms with van der Waals surface area (Å²) in [6, 6.07) is 4.14. The van der Waals surface area contributed by atoms with Gasteiger partial charge in [0, 0.05) is 19.8 Å². The maximum Gasteiger partial charge on any atom is 0.242 e. The normalized spacial score (nSPS) is 13.5. The summed E-state index contributed by atoms with van der Waals surface area (Å²) in [6.45, 7) is 5.41. The third-order valence-electron chi connectivity index (χ3n) is 3.24. The number of aryl methyl sites for hydroxylation is 1. The molecule has 0 fully saturated rings. The van der Waals surface area contributed by atoms with E-state index in [4.69, 9.17) is 5.73 Å². The van der Waals surface area contributed by atoms with E-state index in [9.17, 15) is 13.2 Å². The van der Waals surface area contributed by atoms with Gasteiger partial charge in [-0.05, 0) is 30.5 Å². The summed E-state index contributed by atoms with van der Waals surface area (Å²) >= 11 is 0. The molecule has 6 nitrogen and oxygen atoms in total. The smallest absolute Gasteiger partial charge is 0.242 e. The number of carbonyl (C=O) groups is 1. The Hall–Kier alpha value is -1.44. The molecule has 1 amide bonds. The fourth-order valence-corrected chi connectivity index (χ4v) is 2.83. The zero-order valence-corrected chi connectivity index (χ0v) is 13.9. The SMILES string of the molecule is Cc1ccc(NC(=O)[C@H](N)C(C)C)cc1S(=O)(=O)N(C)C. The Morgan fingerprint density at radius 3 is 2.33 bits per heavy atom. The zero-order chi connectivity index (χ0) is 16.4. The summed E-state index contributed by atoms with van der Waals surface area (Å²) in [7, 11) is -0.618. The largest absolute Gasteiger partial charge is 0.325 e. The fourth-order valence-electron chi connectivity index (χ4n) is 1.68. The summed E-state index contributed by atoms with van der Waals surface area (Å²) in [5, 5.41) is 2.65. The van der Waals surface area contributed by atoms with Crippen LogP contribution in [0.2, 0.25) is 0 Å². The van der Waals surface area contributed by atoms with Gasteiger partial charge in [0.05, 0.1) is 10.9 Å². The Labute approximate surface area is 126 Å². The van der Waals surface area contributed by atoms with Gasteiger partial charge in [-0.1, -0.05) is 19.9 Å². The highest BCUT2D eigenvalue weighted by atomic mass is 32.2. The van der Waals surface area contributed by atoms with Gasteiger partial charge in [0.25, 0.3) is 0 Å². The molecule has 0 heterocycles. The van der Waals surface area contributed by atoms with Gasteiger partial charge in [-0.3, -0.25) is 4.79 Å². The first-order chi connectivity index (χ1) is 9.57. The average molecular weight is 313 g/mol. The van der Waals surface area contributed by atoms with Gasteiger partial charge in [-0.2, -0.15) is 0 Å². The van der Waals surface area contributed by atoms with Crippen LogP contribution in [0.15, 0.2) is 23.1 Å². The molecule has 0 saturated carbocycles. The van der Waals surface area contributed by atoms with E-state index in [1.807, 2.05) is 13.8 Å². The molecule has 0 radical (unpaired) electrons. The maximum absolute atomic E-state index is 12.2. The van der Waals surface area contributed by atoms with Crippen molar-refractivity contribution in [3.8, 4) is 0 Å². The number of rotatable bonds is 5. The second-order valence-electron chi connectivity index (χ2n) is 5.53. The number of benzene rings is 1. The lowest BCUT2D eigenvalue weighted by Crippen LogP contribution is -2.39. The second kappa shape index (κ2) is 6.55. The van der Waals surface area contributed by atoms with Gasteiger partial charge in [-0.25, -0.2) is 12.7 Å². The zero-order valence-electron chi connectivity index (χ0n) is 13.0. The lowest BCUT2D eigenvalue weighted by Gasteiger charge is -2.17. The van der Waals surface area contributed by atoms with Crippen LogP contribution < -0.4 is 11.1 Å². The molecule has 0 aliphatic carbocycles. The average Bonchev–Trinajstić information content (AvgIpc) is 2.39. The molecule has 3 N–H and O–H groups in total. The predicted octanol–water partition coefficient (Wildman–Crippen LogP) is 1.17. The number of hydrogen-bond acceptors (Lipinski definition) is 4. The van der Waals surface area contributed by atoms with Crippen LogP contribution in [-0.4, -0.2) is 38.8 Å². The van der Waals surface area contributed by atoms with E-state index in [1.165, 1.54) is 20.2 Å². The highest BCUT2D eigenvalue weighted by Crippen LogP contribution is 2.22. The molecule has 0 spiro atoms. The summed E-state index contributed by atoms with van der Waals surface area (Å²) in [5.41, 5.74) is 6.81. The number of anilines is 1. The molecular weight excluding hydrogens is 290 g/mol. The fraction of sp³-hybridized carbons (Fsp3) is 0.500. The van der Waals surface area contributed by atoms with Gasteiger partial charge >= 0.3 is 0 Å². The van der Waals surface area contributed by atoms with Crippen LogP contribution >= 0.6 is 0 Å². The minimum Gasteiger partial charge on any atom is -0.325 e. The van der Waals surface area contributed by atoms with Crippen molar-refractivity contribution in [1.29, 1.82) is 0 Å². The minimum absolute atomic E-state index is 0.000395. The van der Waals surface area contributed by atoms with Crippen molar-refractivity contribution in [2.24, 2.45) is 11.7 Å². The van der Waals surface area contributed by atoms with Crippen molar-refractivity contribution in [3.63, 3.8) is 0 Å². The number of amides is 1. The first-order valence-electron chi connectivity index (χ1n) is 6.67. The van der Waals surface area contributed by atoms with Crippen molar-refractivity contribution < 1.29 is 13.2 Å². The summed E-state index contributed by atoms with van der Waals surface area (Å²) < 4.78 is 25.6. The molecule has 0 saturated heterocycles. The molecule has 0 unspecified atom stereocenters. The summed E-state index contributed by atoms with van der Waals surface area (Å²) in [4.78, 5) is 12.1. The number of nitrogens with two attached hydrogens (primary N) is 1. The highest BCUT2D eigenvalue weighted by Gasteiger charge is 2.22.